The van der Waals surface area contributed by atoms with Crippen LogP contribution in [0.25, 0.3) is 0 Å². The van der Waals surface area contributed by atoms with Crippen LogP contribution in [0.2, 0.25) is 0 Å². The lowest BCUT2D eigenvalue weighted by molar-refractivity contribution is -0.117. The van der Waals surface area contributed by atoms with Gasteiger partial charge in [-0.25, -0.2) is 0 Å². The first-order chi connectivity index (χ1) is 13.7. The second-order valence-corrected chi connectivity index (χ2v) is 7.67. The van der Waals surface area contributed by atoms with Crippen molar-refractivity contribution in [3.8, 4) is 0 Å². The van der Waals surface area contributed by atoms with Crippen LogP contribution >= 0.6 is 0 Å². The molecule has 0 radical (unpaired) electrons. The Morgan fingerprint density at radius 2 is 2.00 bits per heavy atom. The van der Waals surface area contributed by atoms with Gasteiger partial charge in [0, 0.05) is 37.3 Å². The minimum Gasteiger partial charge on any atom is -0.348 e. The Bertz CT molecular complexity index is 841. The molecule has 0 aliphatic carbocycles. The molecule has 2 aliphatic heterocycles. The highest BCUT2D eigenvalue weighted by Crippen LogP contribution is 2.24. The fourth-order valence-electron chi connectivity index (χ4n) is 4.07. The standard InChI is InChI=1S/C23H27N3O2/c27-22-7-3-13-26(22)21-10-8-17(9-11-21)15-25-23(28)19-5-1-4-18(14-19)20-6-2-12-24-16-20/h1,4-5,8-11,14,20,24H,2-3,6-7,12-13,15-16H2,(H,25,28)/t20-/m1/s1. The first-order valence-corrected chi connectivity index (χ1v) is 10.2. The van der Waals surface area contributed by atoms with Crippen molar-refractivity contribution in [1.29, 1.82) is 0 Å². The van der Waals surface area contributed by atoms with E-state index in [1.165, 1.54) is 18.4 Å². The highest BCUT2D eigenvalue weighted by Gasteiger charge is 2.21. The Morgan fingerprint density at radius 3 is 2.71 bits per heavy atom. The van der Waals surface area contributed by atoms with E-state index in [9.17, 15) is 9.59 Å². The van der Waals surface area contributed by atoms with Crippen molar-refractivity contribution in [2.45, 2.75) is 38.1 Å². The second kappa shape index (κ2) is 8.57. The number of anilines is 1. The molecule has 2 aromatic carbocycles. The van der Waals surface area contributed by atoms with Crippen molar-refractivity contribution in [3.05, 3.63) is 65.2 Å². The van der Waals surface area contributed by atoms with Crippen LogP contribution in [0, 0.1) is 0 Å². The SMILES string of the molecule is O=C(NCc1ccc(N2CCCC2=O)cc1)c1cccc([C@@H]2CCCNC2)c1. The van der Waals surface area contributed by atoms with Gasteiger partial charge in [-0.2, -0.15) is 0 Å². The normalized spacial score (nSPS) is 19.6. The van der Waals surface area contributed by atoms with Crippen LogP contribution in [0.5, 0.6) is 0 Å². The molecule has 146 valence electrons. The van der Waals surface area contributed by atoms with E-state index in [0.717, 1.165) is 37.3 Å². The molecule has 0 saturated carbocycles. The maximum absolute atomic E-state index is 12.6. The fourth-order valence-corrected chi connectivity index (χ4v) is 4.07. The van der Waals surface area contributed by atoms with Crippen LogP contribution in [0.3, 0.4) is 0 Å². The highest BCUT2D eigenvalue weighted by atomic mass is 16.2. The van der Waals surface area contributed by atoms with Crippen molar-refractivity contribution < 1.29 is 9.59 Å². The van der Waals surface area contributed by atoms with Crippen molar-refractivity contribution >= 4 is 17.5 Å². The number of nitrogens with one attached hydrogen (secondary N) is 2. The van der Waals surface area contributed by atoms with E-state index < -0.39 is 0 Å². The number of hydrogen-bond donors (Lipinski definition) is 2. The van der Waals surface area contributed by atoms with Gasteiger partial charge in [0.15, 0.2) is 0 Å². The van der Waals surface area contributed by atoms with Gasteiger partial charge in [0.05, 0.1) is 0 Å². The molecule has 0 unspecified atom stereocenters. The predicted molar refractivity (Wildman–Crippen MR) is 110 cm³/mol. The van der Waals surface area contributed by atoms with Crippen molar-refractivity contribution in [1.82, 2.24) is 10.6 Å². The molecule has 28 heavy (non-hydrogen) atoms. The lowest BCUT2D eigenvalue weighted by Gasteiger charge is -2.23. The Morgan fingerprint density at radius 1 is 1.14 bits per heavy atom. The number of rotatable bonds is 5. The third-order valence-electron chi connectivity index (χ3n) is 5.69. The molecule has 2 N–H and O–H groups in total. The van der Waals surface area contributed by atoms with Gasteiger partial charge in [0.1, 0.15) is 0 Å². The molecule has 1 atom stereocenters. The lowest BCUT2D eigenvalue weighted by Crippen LogP contribution is -2.28. The van der Waals surface area contributed by atoms with Gasteiger partial charge in [-0.1, -0.05) is 24.3 Å². The van der Waals surface area contributed by atoms with Crippen molar-refractivity contribution in [2.24, 2.45) is 0 Å². The van der Waals surface area contributed by atoms with E-state index in [1.54, 1.807) is 0 Å². The lowest BCUT2D eigenvalue weighted by atomic mass is 9.90. The van der Waals surface area contributed by atoms with Gasteiger partial charge in [-0.05, 0) is 67.1 Å². The number of hydrogen-bond acceptors (Lipinski definition) is 3. The van der Waals surface area contributed by atoms with E-state index in [0.29, 0.717) is 24.4 Å². The van der Waals surface area contributed by atoms with Crippen LogP contribution < -0.4 is 15.5 Å². The molecule has 2 heterocycles. The molecule has 5 heteroatoms. The molecular formula is C23H27N3O2. The molecule has 0 bridgehead atoms. The van der Waals surface area contributed by atoms with Gasteiger partial charge >= 0.3 is 0 Å². The van der Waals surface area contributed by atoms with Gasteiger partial charge in [0.2, 0.25) is 5.91 Å². The first-order valence-electron chi connectivity index (χ1n) is 10.2. The van der Waals surface area contributed by atoms with Crippen LogP contribution in [-0.4, -0.2) is 31.4 Å². The van der Waals surface area contributed by atoms with E-state index in [4.69, 9.17) is 0 Å². The Labute approximate surface area is 166 Å². The van der Waals surface area contributed by atoms with Gasteiger partial charge in [0.25, 0.3) is 5.91 Å². The average molecular weight is 377 g/mol. The summed E-state index contributed by atoms with van der Waals surface area (Å²) in [5, 5.41) is 6.44. The molecular weight excluding hydrogens is 350 g/mol. The minimum atomic E-state index is -0.0515. The molecule has 2 amide bonds. The Hall–Kier alpha value is -2.66. The van der Waals surface area contributed by atoms with E-state index >= 15 is 0 Å². The third-order valence-corrected chi connectivity index (χ3v) is 5.69. The maximum Gasteiger partial charge on any atom is 0.251 e. The smallest absolute Gasteiger partial charge is 0.251 e. The summed E-state index contributed by atoms with van der Waals surface area (Å²) in [4.78, 5) is 26.3. The summed E-state index contributed by atoms with van der Waals surface area (Å²) in [6.45, 7) is 3.34. The summed E-state index contributed by atoms with van der Waals surface area (Å²) in [5.74, 6) is 0.626. The number of carbonyl (C=O) groups excluding carboxylic acids is 2. The first kappa shape index (κ1) is 18.7. The largest absolute Gasteiger partial charge is 0.348 e. The van der Waals surface area contributed by atoms with Crippen LogP contribution in [-0.2, 0) is 11.3 Å². The Kier molecular flexibility index (Phi) is 5.72. The molecule has 0 spiro atoms. The summed E-state index contributed by atoms with van der Waals surface area (Å²) < 4.78 is 0. The summed E-state index contributed by atoms with van der Waals surface area (Å²) in [6.07, 6.45) is 3.91. The van der Waals surface area contributed by atoms with E-state index in [2.05, 4.69) is 16.7 Å². The molecule has 2 fully saturated rings. The maximum atomic E-state index is 12.6. The van der Waals surface area contributed by atoms with Crippen LogP contribution in [0.4, 0.5) is 5.69 Å². The summed E-state index contributed by atoms with van der Waals surface area (Å²) >= 11 is 0. The summed E-state index contributed by atoms with van der Waals surface area (Å²) in [6, 6.07) is 15.9. The van der Waals surface area contributed by atoms with Gasteiger partial charge in [-0.15, -0.1) is 0 Å². The molecule has 5 nitrogen and oxygen atoms in total. The van der Waals surface area contributed by atoms with E-state index in [-0.39, 0.29) is 11.8 Å². The molecule has 2 aliphatic rings. The molecule has 0 aromatic heterocycles. The van der Waals surface area contributed by atoms with Gasteiger partial charge < -0.3 is 15.5 Å². The number of carbonyl (C=O) groups is 2. The number of nitrogens with zero attached hydrogens (tertiary/aromatic N) is 1. The van der Waals surface area contributed by atoms with Crippen LogP contribution in [0.15, 0.2) is 48.5 Å². The average Bonchev–Trinajstić information content (AvgIpc) is 3.19. The van der Waals surface area contributed by atoms with Crippen molar-refractivity contribution in [2.75, 3.05) is 24.5 Å². The molecule has 4 rings (SSSR count). The minimum absolute atomic E-state index is 0.0515. The summed E-state index contributed by atoms with van der Waals surface area (Å²) in [7, 11) is 0. The van der Waals surface area contributed by atoms with E-state index in [1.807, 2.05) is 47.4 Å². The number of amides is 2. The summed E-state index contributed by atoms with van der Waals surface area (Å²) in [5.41, 5.74) is 3.91. The van der Waals surface area contributed by atoms with Gasteiger partial charge in [-0.3, -0.25) is 9.59 Å². The number of benzene rings is 2. The fraction of sp³-hybridized carbons (Fsp3) is 0.391. The zero-order valence-electron chi connectivity index (χ0n) is 16.1. The molecule has 2 saturated heterocycles. The molecule has 2 aromatic rings. The second-order valence-electron chi connectivity index (χ2n) is 7.67. The highest BCUT2D eigenvalue weighted by molar-refractivity contribution is 5.95. The number of piperidine rings is 1. The predicted octanol–water partition coefficient (Wildman–Crippen LogP) is 3.21. The van der Waals surface area contributed by atoms with Crippen molar-refractivity contribution in [3.63, 3.8) is 0 Å². The van der Waals surface area contributed by atoms with Crippen LogP contribution in [0.1, 0.15) is 53.1 Å². The third kappa shape index (κ3) is 4.25. The zero-order valence-corrected chi connectivity index (χ0v) is 16.1. The Balaban J connectivity index is 1.36. The topological polar surface area (TPSA) is 61.4 Å². The zero-order chi connectivity index (χ0) is 19.3. The quantitative estimate of drug-likeness (QED) is 0.841. The monoisotopic (exact) mass is 377 g/mol.